The van der Waals surface area contributed by atoms with E-state index in [2.05, 4.69) is 43.3 Å². The standard InChI is InChI=1S/C27H30O3/c1-2-3-4-5-6-7-20-30-26-18-16-24(17-19-26)22-10-8-21(9-11-22)23-12-14-25(15-13-23)27(28)29/h8-19H,2-7,20H2,1H3,(H,28,29). The van der Waals surface area contributed by atoms with Crippen LogP contribution < -0.4 is 4.74 Å². The highest BCUT2D eigenvalue weighted by atomic mass is 16.5. The minimum atomic E-state index is -0.906. The van der Waals surface area contributed by atoms with Crippen LogP contribution in [-0.4, -0.2) is 17.7 Å². The van der Waals surface area contributed by atoms with Gasteiger partial charge in [-0.1, -0.05) is 87.6 Å². The summed E-state index contributed by atoms with van der Waals surface area (Å²) < 4.78 is 5.87. The second kappa shape index (κ2) is 11.2. The predicted octanol–water partition coefficient (Wildman–Crippen LogP) is 7.46. The van der Waals surface area contributed by atoms with Gasteiger partial charge in [0.2, 0.25) is 0 Å². The molecular formula is C27H30O3. The van der Waals surface area contributed by atoms with Crippen LogP contribution >= 0.6 is 0 Å². The zero-order valence-electron chi connectivity index (χ0n) is 17.6. The molecule has 3 rings (SSSR count). The van der Waals surface area contributed by atoms with Crippen molar-refractivity contribution in [3.05, 3.63) is 78.4 Å². The zero-order chi connectivity index (χ0) is 21.2. The molecule has 0 saturated heterocycles. The third-order valence-electron chi connectivity index (χ3n) is 5.30. The van der Waals surface area contributed by atoms with E-state index in [4.69, 9.17) is 9.84 Å². The molecule has 1 N–H and O–H groups in total. The Balaban J connectivity index is 1.53. The van der Waals surface area contributed by atoms with Gasteiger partial charge in [-0.05, 0) is 52.9 Å². The van der Waals surface area contributed by atoms with Crippen molar-refractivity contribution in [2.24, 2.45) is 0 Å². The van der Waals surface area contributed by atoms with E-state index >= 15 is 0 Å². The zero-order valence-corrected chi connectivity index (χ0v) is 17.6. The molecule has 0 heterocycles. The fourth-order valence-corrected chi connectivity index (χ4v) is 3.48. The molecule has 3 heteroatoms. The molecule has 156 valence electrons. The molecule has 3 aromatic carbocycles. The highest BCUT2D eigenvalue weighted by Gasteiger charge is 2.04. The smallest absolute Gasteiger partial charge is 0.335 e. The SMILES string of the molecule is CCCCCCCCOc1ccc(-c2ccc(-c3ccc(C(=O)O)cc3)cc2)cc1. The maximum atomic E-state index is 11.0. The highest BCUT2D eigenvalue weighted by molar-refractivity contribution is 5.88. The van der Waals surface area contributed by atoms with Gasteiger partial charge in [0.15, 0.2) is 0 Å². The number of carbonyl (C=O) groups is 1. The topological polar surface area (TPSA) is 46.5 Å². The Hall–Kier alpha value is -3.07. The summed E-state index contributed by atoms with van der Waals surface area (Å²) in [5.74, 6) is 0.0127. The Bertz CT molecular complexity index is 910. The number of aromatic carboxylic acids is 1. The van der Waals surface area contributed by atoms with Gasteiger partial charge in [-0.25, -0.2) is 4.79 Å². The molecule has 0 radical (unpaired) electrons. The fourth-order valence-electron chi connectivity index (χ4n) is 3.48. The first-order valence-corrected chi connectivity index (χ1v) is 10.8. The molecule has 0 aliphatic heterocycles. The first-order valence-electron chi connectivity index (χ1n) is 10.8. The number of hydrogen-bond acceptors (Lipinski definition) is 2. The maximum Gasteiger partial charge on any atom is 0.335 e. The van der Waals surface area contributed by atoms with Gasteiger partial charge in [-0.15, -0.1) is 0 Å². The van der Waals surface area contributed by atoms with Gasteiger partial charge < -0.3 is 9.84 Å². The Labute approximate surface area is 179 Å². The minimum Gasteiger partial charge on any atom is -0.494 e. The molecule has 0 aliphatic rings. The van der Waals surface area contributed by atoms with Crippen molar-refractivity contribution in [1.29, 1.82) is 0 Å². The fraction of sp³-hybridized carbons (Fsp3) is 0.296. The monoisotopic (exact) mass is 402 g/mol. The molecule has 0 bridgehead atoms. The largest absolute Gasteiger partial charge is 0.494 e. The number of unbranched alkanes of at least 4 members (excludes halogenated alkanes) is 5. The maximum absolute atomic E-state index is 11.0. The van der Waals surface area contributed by atoms with E-state index in [-0.39, 0.29) is 0 Å². The van der Waals surface area contributed by atoms with E-state index < -0.39 is 5.97 Å². The van der Waals surface area contributed by atoms with Gasteiger partial charge in [-0.3, -0.25) is 0 Å². The number of ether oxygens (including phenoxy) is 1. The highest BCUT2D eigenvalue weighted by Crippen LogP contribution is 2.26. The van der Waals surface area contributed by atoms with Crippen LogP contribution in [-0.2, 0) is 0 Å². The summed E-state index contributed by atoms with van der Waals surface area (Å²) in [7, 11) is 0. The summed E-state index contributed by atoms with van der Waals surface area (Å²) in [5, 5.41) is 9.02. The lowest BCUT2D eigenvalue weighted by Gasteiger charge is -2.08. The number of carboxylic acids is 1. The summed E-state index contributed by atoms with van der Waals surface area (Å²) >= 11 is 0. The van der Waals surface area contributed by atoms with Gasteiger partial charge in [0.1, 0.15) is 5.75 Å². The van der Waals surface area contributed by atoms with Crippen molar-refractivity contribution in [3.63, 3.8) is 0 Å². The number of carboxylic acid groups (broad SMARTS) is 1. The summed E-state index contributed by atoms with van der Waals surface area (Å²) in [6, 6.07) is 23.5. The van der Waals surface area contributed by atoms with E-state index in [9.17, 15) is 4.79 Å². The second-order valence-electron chi connectivity index (χ2n) is 7.60. The Morgan fingerprint density at radius 1 is 0.667 bits per heavy atom. The van der Waals surface area contributed by atoms with Crippen molar-refractivity contribution < 1.29 is 14.6 Å². The van der Waals surface area contributed by atoms with E-state index in [1.165, 1.54) is 32.1 Å². The average molecular weight is 403 g/mol. The third kappa shape index (κ3) is 6.21. The normalized spacial score (nSPS) is 10.7. The van der Waals surface area contributed by atoms with Crippen molar-refractivity contribution >= 4 is 5.97 Å². The van der Waals surface area contributed by atoms with Crippen LogP contribution in [0.3, 0.4) is 0 Å². The van der Waals surface area contributed by atoms with Crippen molar-refractivity contribution in [2.75, 3.05) is 6.61 Å². The predicted molar refractivity (Wildman–Crippen MR) is 123 cm³/mol. The van der Waals surface area contributed by atoms with Crippen molar-refractivity contribution in [3.8, 4) is 28.0 Å². The van der Waals surface area contributed by atoms with Gasteiger partial charge in [0, 0.05) is 0 Å². The molecule has 0 spiro atoms. The van der Waals surface area contributed by atoms with Crippen molar-refractivity contribution in [1.82, 2.24) is 0 Å². The van der Waals surface area contributed by atoms with Crippen LogP contribution in [0.1, 0.15) is 55.8 Å². The van der Waals surface area contributed by atoms with Crippen LogP contribution in [0.2, 0.25) is 0 Å². The molecule has 0 amide bonds. The van der Waals surface area contributed by atoms with Gasteiger partial charge in [0.05, 0.1) is 12.2 Å². The van der Waals surface area contributed by atoms with E-state index in [0.717, 1.165) is 41.0 Å². The Kier molecular flexibility index (Phi) is 8.08. The third-order valence-corrected chi connectivity index (χ3v) is 5.30. The first kappa shape index (κ1) is 21.6. The summed E-state index contributed by atoms with van der Waals surface area (Å²) in [6.07, 6.45) is 7.60. The van der Waals surface area contributed by atoms with E-state index in [1.54, 1.807) is 12.1 Å². The summed E-state index contributed by atoms with van der Waals surface area (Å²) in [6.45, 7) is 3.02. The second-order valence-corrected chi connectivity index (χ2v) is 7.60. The van der Waals surface area contributed by atoms with E-state index in [0.29, 0.717) is 5.56 Å². The van der Waals surface area contributed by atoms with Gasteiger partial charge >= 0.3 is 5.97 Å². The molecule has 3 aromatic rings. The molecule has 30 heavy (non-hydrogen) atoms. The lowest BCUT2D eigenvalue weighted by molar-refractivity contribution is 0.0697. The molecule has 3 nitrogen and oxygen atoms in total. The molecule has 0 atom stereocenters. The summed E-state index contributed by atoms with van der Waals surface area (Å²) in [4.78, 5) is 11.0. The molecule has 0 aliphatic carbocycles. The Morgan fingerprint density at radius 3 is 1.60 bits per heavy atom. The number of benzene rings is 3. The average Bonchev–Trinajstić information content (AvgIpc) is 2.79. The van der Waals surface area contributed by atoms with Crippen LogP contribution in [0, 0.1) is 0 Å². The number of rotatable bonds is 11. The quantitative estimate of drug-likeness (QED) is 0.339. The first-order chi connectivity index (χ1) is 14.7. The van der Waals surface area contributed by atoms with Crippen LogP contribution in [0.4, 0.5) is 0 Å². The molecular weight excluding hydrogens is 372 g/mol. The molecule has 0 saturated carbocycles. The molecule has 0 unspecified atom stereocenters. The summed E-state index contributed by atoms with van der Waals surface area (Å²) in [5.41, 5.74) is 4.66. The number of hydrogen-bond donors (Lipinski definition) is 1. The van der Waals surface area contributed by atoms with Crippen molar-refractivity contribution in [2.45, 2.75) is 45.4 Å². The lowest BCUT2D eigenvalue weighted by Crippen LogP contribution is -1.97. The minimum absolute atomic E-state index is 0.300. The molecule has 0 fully saturated rings. The van der Waals surface area contributed by atoms with Gasteiger partial charge in [-0.2, -0.15) is 0 Å². The molecule has 0 aromatic heterocycles. The van der Waals surface area contributed by atoms with Gasteiger partial charge in [0.25, 0.3) is 0 Å². The van der Waals surface area contributed by atoms with Crippen LogP contribution in [0.25, 0.3) is 22.3 Å². The van der Waals surface area contributed by atoms with Crippen LogP contribution in [0.15, 0.2) is 72.8 Å². The Morgan fingerprint density at radius 2 is 1.10 bits per heavy atom. The van der Waals surface area contributed by atoms with E-state index in [1.807, 2.05) is 24.3 Å². The van der Waals surface area contributed by atoms with Crippen LogP contribution in [0.5, 0.6) is 5.75 Å². The lowest BCUT2D eigenvalue weighted by atomic mass is 9.99.